The summed E-state index contributed by atoms with van der Waals surface area (Å²) in [5, 5.41) is 5.77. The van der Waals surface area contributed by atoms with Crippen LogP contribution in [0.25, 0.3) is 0 Å². The van der Waals surface area contributed by atoms with Gasteiger partial charge in [-0.05, 0) is 30.9 Å². The second kappa shape index (κ2) is 6.50. The van der Waals surface area contributed by atoms with Gasteiger partial charge in [-0.15, -0.1) is 11.3 Å². The lowest BCUT2D eigenvalue weighted by atomic mass is 10.2. The highest BCUT2D eigenvalue weighted by molar-refractivity contribution is 7.10. The van der Waals surface area contributed by atoms with Crippen LogP contribution in [0.1, 0.15) is 17.4 Å². The lowest BCUT2D eigenvalue weighted by Gasteiger charge is -2.29. The van der Waals surface area contributed by atoms with E-state index < -0.39 is 0 Å². The molecule has 3 nitrogen and oxygen atoms in total. The predicted molar refractivity (Wildman–Crippen MR) is 72.6 cm³/mol. The predicted octanol–water partition coefficient (Wildman–Crippen LogP) is 1.87. The Morgan fingerprint density at radius 1 is 1.47 bits per heavy atom. The van der Waals surface area contributed by atoms with Crippen molar-refractivity contribution in [1.82, 2.24) is 10.2 Å². The van der Waals surface area contributed by atoms with Crippen molar-refractivity contribution in [3.05, 3.63) is 21.9 Å². The number of hydrogen-bond donors (Lipinski definition) is 1. The Kier molecular flexibility index (Phi) is 4.98. The number of thiophene rings is 1. The molecular formula is C13H22N2OS. The molecule has 1 unspecified atom stereocenters. The molecule has 0 spiro atoms. The van der Waals surface area contributed by atoms with Gasteiger partial charge in [-0.2, -0.15) is 0 Å². The second-order valence-electron chi connectivity index (χ2n) is 4.72. The van der Waals surface area contributed by atoms with E-state index in [-0.39, 0.29) is 0 Å². The molecule has 17 heavy (non-hydrogen) atoms. The van der Waals surface area contributed by atoms with E-state index in [9.17, 15) is 0 Å². The molecule has 1 aliphatic rings. The second-order valence-corrected chi connectivity index (χ2v) is 5.72. The third-order valence-corrected chi connectivity index (χ3v) is 4.24. The zero-order valence-corrected chi connectivity index (χ0v) is 11.6. The Morgan fingerprint density at radius 2 is 2.24 bits per heavy atom. The molecule has 96 valence electrons. The maximum absolute atomic E-state index is 5.36. The summed E-state index contributed by atoms with van der Waals surface area (Å²) in [5.41, 5.74) is 1.40. The fraction of sp³-hybridized carbons (Fsp3) is 0.692. The minimum Gasteiger partial charge on any atom is -0.379 e. The quantitative estimate of drug-likeness (QED) is 0.868. The van der Waals surface area contributed by atoms with Crippen LogP contribution in [0.5, 0.6) is 0 Å². The van der Waals surface area contributed by atoms with Crippen LogP contribution in [-0.4, -0.2) is 43.8 Å². The summed E-state index contributed by atoms with van der Waals surface area (Å²) in [6, 6.07) is 2.73. The lowest BCUT2D eigenvalue weighted by molar-refractivity contribution is 0.0343. The van der Waals surface area contributed by atoms with E-state index in [1.807, 2.05) is 11.3 Å². The van der Waals surface area contributed by atoms with Crippen LogP contribution >= 0.6 is 11.3 Å². The van der Waals surface area contributed by atoms with E-state index in [1.165, 1.54) is 10.4 Å². The van der Waals surface area contributed by atoms with Crippen molar-refractivity contribution < 1.29 is 4.74 Å². The minimum atomic E-state index is 0.537. The van der Waals surface area contributed by atoms with Gasteiger partial charge in [0, 0.05) is 37.1 Å². The van der Waals surface area contributed by atoms with Crippen molar-refractivity contribution in [3.63, 3.8) is 0 Å². The zero-order chi connectivity index (χ0) is 12.1. The highest BCUT2D eigenvalue weighted by Crippen LogP contribution is 2.15. The first-order chi connectivity index (χ1) is 8.25. The van der Waals surface area contributed by atoms with Gasteiger partial charge < -0.3 is 10.1 Å². The molecule has 1 atom stereocenters. The van der Waals surface area contributed by atoms with Gasteiger partial charge >= 0.3 is 0 Å². The van der Waals surface area contributed by atoms with E-state index in [0.717, 1.165) is 39.4 Å². The lowest BCUT2D eigenvalue weighted by Crippen LogP contribution is -2.44. The van der Waals surface area contributed by atoms with Crippen LogP contribution in [0, 0.1) is 6.92 Å². The Hall–Kier alpha value is -0.420. The molecule has 0 aliphatic carbocycles. The van der Waals surface area contributed by atoms with Crippen LogP contribution < -0.4 is 5.32 Å². The van der Waals surface area contributed by atoms with Crippen molar-refractivity contribution in [3.8, 4) is 0 Å². The summed E-state index contributed by atoms with van der Waals surface area (Å²) in [4.78, 5) is 3.93. The SMILES string of the molecule is Cc1ccsc1CNC(C)CN1CCOCC1. The maximum Gasteiger partial charge on any atom is 0.0594 e. The van der Waals surface area contributed by atoms with Crippen LogP contribution in [0.3, 0.4) is 0 Å². The van der Waals surface area contributed by atoms with Crippen molar-refractivity contribution >= 4 is 11.3 Å². The van der Waals surface area contributed by atoms with Crippen molar-refractivity contribution in [2.24, 2.45) is 0 Å². The van der Waals surface area contributed by atoms with E-state index >= 15 is 0 Å². The fourth-order valence-corrected chi connectivity index (χ4v) is 2.94. The molecule has 0 aromatic carbocycles. The third-order valence-electron chi connectivity index (χ3n) is 3.22. The molecule has 1 N–H and O–H groups in total. The molecule has 0 amide bonds. The number of hydrogen-bond acceptors (Lipinski definition) is 4. The molecule has 1 aromatic heterocycles. The first-order valence-electron chi connectivity index (χ1n) is 6.32. The van der Waals surface area contributed by atoms with Gasteiger partial charge in [0.05, 0.1) is 13.2 Å². The molecule has 1 saturated heterocycles. The summed E-state index contributed by atoms with van der Waals surface area (Å²) in [6.45, 7) is 10.5. The van der Waals surface area contributed by atoms with Gasteiger partial charge in [0.25, 0.3) is 0 Å². The van der Waals surface area contributed by atoms with Gasteiger partial charge in [0.1, 0.15) is 0 Å². The van der Waals surface area contributed by atoms with Gasteiger partial charge in [-0.25, -0.2) is 0 Å². The molecule has 2 rings (SSSR count). The average molecular weight is 254 g/mol. The maximum atomic E-state index is 5.36. The van der Waals surface area contributed by atoms with E-state index in [2.05, 4.69) is 35.5 Å². The van der Waals surface area contributed by atoms with E-state index in [0.29, 0.717) is 6.04 Å². The monoisotopic (exact) mass is 254 g/mol. The summed E-state index contributed by atoms with van der Waals surface area (Å²) in [6.07, 6.45) is 0. The molecule has 1 aliphatic heterocycles. The molecule has 4 heteroatoms. The standard InChI is InChI=1S/C13H22N2OS/c1-11-3-8-17-13(11)9-14-12(2)10-15-4-6-16-7-5-15/h3,8,12,14H,4-7,9-10H2,1-2H3. The normalized spacial score (nSPS) is 19.4. The largest absolute Gasteiger partial charge is 0.379 e. The number of morpholine rings is 1. The number of rotatable bonds is 5. The van der Waals surface area contributed by atoms with Gasteiger partial charge in [-0.1, -0.05) is 0 Å². The van der Waals surface area contributed by atoms with Gasteiger partial charge in [0.15, 0.2) is 0 Å². The van der Waals surface area contributed by atoms with E-state index in [4.69, 9.17) is 4.74 Å². The topological polar surface area (TPSA) is 24.5 Å². The van der Waals surface area contributed by atoms with Crippen LogP contribution in [-0.2, 0) is 11.3 Å². The van der Waals surface area contributed by atoms with Crippen molar-refractivity contribution in [1.29, 1.82) is 0 Å². The molecule has 0 saturated carbocycles. The highest BCUT2D eigenvalue weighted by atomic mass is 32.1. The Labute approximate surface area is 108 Å². The van der Waals surface area contributed by atoms with Crippen molar-refractivity contribution in [2.75, 3.05) is 32.8 Å². The molecule has 0 radical (unpaired) electrons. The fourth-order valence-electron chi connectivity index (χ4n) is 2.09. The zero-order valence-electron chi connectivity index (χ0n) is 10.7. The number of ether oxygens (including phenoxy) is 1. The smallest absolute Gasteiger partial charge is 0.0594 e. The Morgan fingerprint density at radius 3 is 2.88 bits per heavy atom. The van der Waals surface area contributed by atoms with Crippen LogP contribution in [0.4, 0.5) is 0 Å². The summed E-state index contributed by atoms with van der Waals surface area (Å²) >= 11 is 1.84. The van der Waals surface area contributed by atoms with Gasteiger partial charge in [-0.3, -0.25) is 4.90 Å². The number of nitrogens with zero attached hydrogens (tertiary/aromatic N) is 1. The van der Waals surface area contributed by atoms with Gasteiger partial charge in [0.2, 0.25) is 0 Å². The Balaban J connectivity index is 1.70. The molecule has 2 heterocycles. The third kappa shape index (κ3) is 4.07. The minimum absolute atomic E-state index is 0.537. The average Bonchev–Trinajstić information content (AvgIpc) is 2.74. The summed E-state index contributed by atoms with van der Waals surface area (Å²) < 4.78 is 5.36. The van der Waals surface area contributed by atoms with Crippen LogP contribution in [0.2, 0.25) is 0 Å². The Bertz CT molecular complexity index is 334. The molecule has 1 fully saturated rings. The van der Waals surface area contributed by atoms with E-state index in [1.54, 1.807) is 0 Å². The first-order valence-corrected chi connectivity index (χ1v) is 7.20. The summed E-state index contributed by atoms with van der Waals surface area (Å²) in [7, 11) is 0. The summed E-state index contributed by atoms with van der Waals surface area (Å²) in [5.74, 6) is 0. The van der Waals surface area contributed by atoms with Crippen LogP contribution in [0.15, 0.2) is 11.4 Å². The molecular weight excluding hydrogens is 232 g/mol. The molecule has 1 aromatic rings. The highest BCUT2D eigenvalue weighted by Gasteiger charge is 2.13. The number of aryl methyl sites for hydroxylation is 1. The molecule has 0 bridgehead atoms. The number of nitrogens with one attached hydrogen (secondary N) is 1. The van der Waals surface area contributed by atoms with Crippen molar-refractivity contribution in [2.45, 2.75) is 26.4 Å². The first kappa shape index (κ1) is 13.0.